The summed E-state index contributed by atoms with van der Waals surface area (Å²) in [5.41, 5.74) is 0.364. The molecular formula is C12H18O4. The predicted octanol–water partition coefficient (Wildman–Crippen LogP) is 1.98. The van der Waals surface area contributed by atoms with Crippen LogP contribution >= 0.6 is 0 Å². The number of rotatable bonds is 6. The van der Waals surface area contributed by atoms with Crippen LogP contribution in [0.4, 0.5) is 0 Å². The highest BCUT2D eigenvalue weighted by atomic mass is 16.6. The minimum Gasteiger partial charge on any atom is -0.463 e. The van der Waals surface area contributed by atoms with Crippen molar-refractivity contribution in [1.82, 2.24) is 0 Å². The van der Waals surface area contributed by atoms with Crippen LogP contribution in [-0.4, -0.2) is 24.6 Å². The largest absolute Gasteiger partial charge is 0.463 e. The first-order valence-electron chi connectivity index (χ1n) is 5.78. The molecule has 1 atom stereocenters. The molecule has 0 spiro atoms. The van der Waals surface area contributed by atoms with Gasteiger partial charge in [-0.05, 0) is 19.8 Å². The van der Waals surface area contributed by atoms with E-state index in [0.29, 0.717) is 18.6 Å². The van der Waals surface area contributed by atoms with Gasteiger partial charge in [-0.15, -0.1) is 0 Å². The molecule has 0 aromatic heterocycles. The third-order valence-electron chi connectivity index (χ3n) is 2.46. The lowest BCUT2D eigenvalue weighted by molar-refractivity contribution is -0.141. The van der Waals surface area contributed by atoms with E-state index >= 15 is 0 Å². The first kappa shape index (κ1) is 12.7. The van der Waals surface area contributed by atoms with E-state index in [4.69, 9.17) is 9.47 Å². The van der Waals surface area contributed by atoms with E-state index in [9.17, 15) is 9.59 Å². The average molecular weight is 226 g/mol. The number of unbranched alkanes of at least 4 members (excludes halogenated alkanes) is 2. The van der Waals surface area contributed by atoms with Crippen LogP contribution in [0.15, 0.2) is 11.6 Å². The quantitative estimate of drug-likeness (QED) is 0.513. The van der Waals surface area contributed by atoms with E-state index in [1.165, 1.54) is 6.08 Å². The van der Waals surface area contributed by atoms with Crippen LogP contribution in [0.3, 0.4) is 0 Å². The zero-order valence-electron chi connectivity index (χ0n) is 9.82. The van der Waals surface area contributed by atoms with Gasteiger partial charge in [-0.25, -0.2) is 9.59 Å². The lowest BCUT2D eigenvalue weighted by Crippen LogP contribution is -2.19. The summed E-state index contributed by atoms with van der Waals surface area (Å²) in [4.78, 5) is 22.6. The fraction of sp³-hybridized carbons (Fsp3) is 0.667. The summed E-state index contributed by atoms with van der Waals surface area (Å²) in [7, 11) is 0. The highest BCUT2D eigenvalue weighted by Crippen LogP contribution is 2.22. The van der Waals surface area contributed by atoms with Gasteiger partial charge in [-0.1, -0.05) is 19.8 Å². The van der Waals surface area contributed by atoms with Crippen molar-refractivity contribution in [3.05, 3.63) is 11.6 Å². The number of cyclic esters (lactones) is 1. The van der Waals surface area contributed by atoms with E-state index in [-0.39, 0.29) is 0 Å². The van der Waals surface area contributed by atoms with E-state index in [0.717, 1.165) is 19.3 Å². The normalized spacial score (nSPS) is 19.2. The molecule has 0 aliphatic carbocycles. The molecule has 4 nitrogen and oxygen atoms in total. The number of carbonyl (C=O) groups excluding carboxylic acids is 2. The Labute approximate surface area is 95.6 Å². The molecular weight excluding hydrogens is 208 g/mol. The molecule has 1 aliphatic heterocycles. The Morgan fingerprint density at radius 2 is 2.19 bits per heavy atom. The molecule has 0 radical (unpaired) electrons. The molecule has 1 unspecified atom stereocenters. The summed E-state index contributed by atoms with van der Waals surface area (Å²) in [6.45, 7) is 4.15. The van der Waals surface area contributed by atoms with Crippen molar-refractivity contribution >= 4 is 11.9 Å². The minimum atomic E-state index is -0.440. The first-order valence-corrected chi connectivity index (χ1v) is 5.78. The van der Waals surface area contributed by atoms with Gasteiger partial charge < -0.3 is 9.47 Å². The second-order valence-electron chi connectivity index (χ2n) is 3.74. The fourth-order valence-corrected chi connectivity index (χ4v) is 1.66. The third-order valence-corrected chi connectivity index (χ3v) is 2.46. The maximum Gasteiger partial charge on any atom is 0.338 e. The van der Waals surface area contributed by atoms with Gasteiger partial charge >= 0.3 is 11.9 Å². The molecule has 1 heterocycles. The fourth-order valence-electron chi connectivity index (χ4n) is 1.66. The van der Waals surface area contributed by atoms with Gasteiger partial charge in [0.1, 0.15) is 6.10 Å². The standard InChI is InChI=1S/C12H18O4/c1-3-5-6-7-10-9(8-11(13)16-10)12(14)15-4-2/h8,10H,3-7H2,1-2H3. The van der Waals surface area contributed by atoms with Crippen molar-refractivity contribution in [3.8, 4) is 0 Å². The average Bonchev–Trinajstić information content (AvgIpc) is 2.61. The highest BCUT2D eigenvalue weighted by Gasteiger charge is 2.31. The van der Waals surface area contributed by atoms with Gasteiger partial charge in [0.05, 0.1) is 12.2 Å². The van der Waals surface area contributed by atoms with Gasteiger partial charge in [-0.2, -0.15) is 0 Å². The second kappa shape index (κ2) is 6.30. The van der Waals surface area contributed by atoms with Crippen LogP contribution in [-0.2, 0) is 19.1 Å². The zero-order valence-corrected chi connectivity index (χ0v) is 9.82. The number of esters is 2. The minimum absolute atomic E-state index is 0.312. The number of ether oxygens (including phenoxy) is 2. The Morgan fingerprint density at radius 1 is 1.44 bits per heavy atom. The second-order valence-corrected chi connectivity index (χ2v) is 3.74. The van der Waals surface area contributed by atoms with Gasteiger partial charge in [0.2, 0.25) is 0 Å². The molecule has 90 valence electrons. The summed E-state index contributed by atoms with van der Waals surface area (Å²) in [6, 6.07) is 0. The number of hydrogen-bond acceptors (Lipinski definition) is 4. The van der Waals surface area contributed by atoms with E-state index in [2.05, 4.69) is 6.92 Å². The highest BCUT2D eigenvalue weighted by molar-refractivity contribution is 6.00. The Bertz CT molecular complexity index is 293. The molecule has 0 aromatic carbocycles. The Balaban J connectivity index is 2.53. The molecule has 0 N–H and O–H groups in total. The predicted molar refractivity (Wildman–Crippen MR) is 58.7 cm³/mol. The zero-order chi connectivity index (χ0) is 12.0. The van der Waals surface area contributed by atoms with Gasteiger partial charge in [0.25, 0.3) is 0 Å². The summed E-state index contributed by atoms with van der Waals surface area (Å²) < 4.78 is 9.93. The molecule has 4 heteroatoms. The topological polar surface area (TPSA) is 52.6 Å². The smallest absolute Gasteiger partial charge is 0.338 e. The van der Waals surface area contributed by atoms with Crippen molar-refractivity contribution < 1.29 is 19.1 Å². The van der Waals surface area contributed by atoms with Crippen LogP contribution in [0.2, 0.25) is 0 Å². The molecule has 1 rings (SSSR count). The molecule has 0 bridgehead atoms. The van der Waals surface area contributed by atoms with Crippen LogP contribution in [0, 0.1) is 0 Å². The van der Waals surface area contributed by atoms with E-state index < -0.39 is 18.0 Å². The van der Waals surface area contributed by atoms with Gasteiger partial charge in [0.15, 0.2) is 0 Å². The van der Waals surface area contributed by atoms with Crippen LogP contribution in [0.5, 0.6) is 0 Å². The van der Waals surface area contributed by atoms with Gasteiger partial charge in [-0.3, -0.25) is 0 Å². The monoisotopic (exact) mass is 226 g/mol. The Hall–Kier alpha value is -1.32. The lowest BCUT2D eigenvalue weighted by Gasteiger charge is -2.12. The van der Waals surface area contributed by atoms with E-state index in [1.54, 1.807) is 6.92 Å². The van der Waals surface area contributed by atoms with Crippen molar-refractivity contribution in [2.24, 2.45) is 0 Å². The Morgan fingerprint density at radius 3 is 2.81 bits per heavy atom. The molecule has 0 amide bonds. The number of carbonyl (C=O) groups is 2. The maximum atomic E-state index is 11.5. The van der Waals surface area contributed by atoms with Crippen molar-refractivity contribution in [2.75, 3.05) is 6.61 Å². The number of hydrogen-bond donors (Lipinski definition) is 0. The van der Waals surface area contributed by atoms with Crippen molar-refractivity contribution in [3.63, 3.8) is 0 Å². The molecule has 0 aromatic rings. The first-order chi connectivity index (χ1) is 7.69. The molecule has 0 saturated carbocycles. The summed E-state index contributed by atoms with van der Waals surface area (Å²) in [5, 5.41) is 0. The van der Waals surface area contributed by atoms with Gasteiger partial charge in [0, 0.05) is 6.08 Å². The van der Waals surface area contributed by atoms with Crippen LogP contribution in [0.1, 0.15) is 39.5 Å². The summed E-state index contributed by atoms with van der Waals surface area (Å²) >= 11 is 0. The van der Waals surface area contributed by atoms with Crippen molar-refractivity contribution in [2.45, 2.75) is 45.6 Å². The Kier molecular flexibility index (Phi) is 5.02. The molecule has 0 fully saturated rings. The summed E-state index contributed by atoms with van der Waals surface area (Å²) in [6.07, 6.45) is 4.66. The molecule has 16 heavy (non-hydrogen) atoms. The van der Waals surface area contributed by atoms with E-state index in [1.807, 2.05) is 0 Å². The maximum absolute atomic E-state index is 11.5. The third kappa shape index (κ3) is 3.36. The van der Waals surface area contributed by atoms with Crippen molar-refractivity contribution in [1.29, 1.82) is 0 Å². The lowest BCUT2D eigenvalue weighted by atomic mass is 10.0. The van der Waals surface area contributed by atoms with Crippen LogP contribution < -0.4 is 0 Å². The molecule has 0 saturated heterocycles. The molecule has 1 aliphatic rings. The SMILES string of the molecule is CCCCCC1OC(=O)C=C1C(=O)OCC. The van der Waals surface area contributed by atoms with Crippen LogP contribution in [0.25, 0.3) is 0 Å². The summed E-state index contributed by atoms with van der Waals surface area (Å²) in [5.74, 6) is -0.876.